The first-order valence-corrected chi connectivity index (χ1v) is 6.37. The van der Waals surface area contributed by atoms with Crippen LogP contribution in [0.25, 0.3) is 0 Å². The van der Waals surface area contributed by atoms with E-state index < -0.39 is 0 Å². The summed E-state index contributed by atoms with van der Waals surface area (Å²) in [4.78, 5) is 5.31. The average Bonchev–Trinajstić information content (AvgIpc) is 2.40. The number of hydrogen-bond donors (Lipinski definition) is 1. The van der Waals surface area contributed by atoms with Crippen molar-refractivity contribution in [1.82, 2.24) is 5.48 Å². The van der Waals surface area contributed by atoms with Crippen molar-refractivity contribution in [3.8, 4) is 0 Å². The van der Waals surface area contributed by atoms with Gasteiger partial charge < -0.3 is 0 Å². The summed E-state index contributed by atoms with van der Waals surface area (Å²) < 4.78 is 13.7. The molecule has 0 saturated heterocycles. The van der Waals surface area contributed by atoms with Crippen LogP contribution in [0.3, 0.4) is 0 Å². The SMILES string of the molecule is Fc1cc(CNOCc2ccccc2)ccc1Br. The van der Waals surface area contributed by atoms with Gasteiger partial charge in [0.2, 0.25) is 0 Å². The lowest BCUT2D eigenvalue weighted by Gasteiger charge is -2.06. The summed E-state index contributed by atoms with van der Waals surface area (Å²) in [7, 11) is 0. The minimum Gasteiger partial charge on any atom is -0.297 e. The second-order valence-electron chi connectivity index (χ2n) is 3.84. The topological polar surface area (TPSA) is 21.3 Å². The lowest BCUT2D eigenvalue weighted by Crippen LogP contribution is -2.13. The zero-order chi connectivity index (χ0) is 12.8. The number of rotatable bonds is 5. The fourth-order valence-corrected chi connectivity index (χ4v) is 1.74. The zero-order valence-corrected chi connectivity index (χ0v) is 11.3. The van der Waals surface area contributed by atoms with Crippen LogP contribution in [0, 0.1) is 5.82 Å². The summed E-state index contributed by atoms with van der Waals surface area (Å²) in [6.45, 7) is 0.955. The van der Waals surface area contributed by atoms with Gasteiger partial charge in [0.1, 0.15) is 5.82 Å². The van der Waals surface area contributed by atoms with Crippen LogP contribution < -0.4 is 5.48 Å². The minimum atomic E-state index is -0.266. The third kappa shape index (κ3) is 3.91. The Bertz CT molecular complexity index is 504. The van der Waals surface area contributed by atoms with E-state index in [2.05, 4.69) is 21.4 Å². The Morgan fingerprint density at radius 2 is 1.83 bits per heavy atom. The summed E-state index contributed by atoms with van der Waals surface area (Å²) in [6, 6.07) is 14.9. The molecule has 94 valence electrons. The molecule has 18 heavy (non-hydrogen) atoms. The highest BCUT2D eigenvalue weighted by Crippen LogP contribution is 2.16. The summed E-state index contributed by atoms with van der Waals surface area (Å²) in [5.41, 5.74) is 4.74. The van der Waals surface area contributed by atoms with Crippen molar-refractivity contribution < 1.29 is 9.23 Å². The number of hydrogen-bond acceptors (Lipinski definition) is 2. The highest BCUT2D eigenvalue weighted by atomic mass is 79.9. The number of benzene rings is 2. The molecule has 2 nitrogen and oxygen atoms in total. The van der Waals surface area contributed by atoms with E-state index >= 15 is 0 Å². The Hall–Kier alpha value is -1.23. The molecule has 2 aromatic rings. The van der Waals surface area contributed by atoms with Gasteiger partial charge in [0.25, 0.3) is 0 Å². The highest BCUT2D eigenvalue weighted by Gasteiger charge is 2.00. The van der Waals surface area contributed by atoms with Gasteiger partial charge >= 0.3 is 0 Å². The highest BCUT2D eigenvalue weighted by molar-refractivity contribution is 9.10. The van der Waals surface area contributed by atoms with Crippen LogP contribution in [0.4, 0.5) is 4.39 Å². The molecule has 2 aromatic carbocycles. The van der Waals surface area contributed by atoms with E-state index in [1.165, 1.54) is 6.07 Å². The van der Waals surface area contributed by atoms with Gasteiger partial charge in [0.15, 0.2) is 0 Å². The number of nitrogens with one attached hydrogen (secondary N) is 1. The van der Waals surface area contributed by atoms with Crippen LogP contribution in [0.1, 0.15) is 11.1 Å². The van der Waals surface area contributed by atoms with E-state index in [1.54, 1.807) is 6.07 Å². The maximum absolute atomic E-state index is 13.2. The molecule has 0 heterocycles. The van der Waals surface area contributed by atoms with Crippen LogP contribution in [-0.4, -0.2) is 0 Å². The standard InChI is InChI=1S/C14H13BrFNO/c15-13-7-6-12(8-14(13)16)9-17-18-10-11-4-2-1-3-5-11/h1-8,17H,9-10H2. The predicted molar refractivity (Wildman–Crippen MR) is 72.2 cm³/mol. The van der Waals surface area contributed by atoms with Gasteiger partial charge in [-0.2, -0.15) is 5.48 Å². The molecule has 0 aromatic heterocycles. The van der Waals surface area contributed by atoms with Gasteiger partial charge in [-0.1, -0.05) is 36.4 Å². The van der Waals surface area contributed by atoms with E-state index in [1.807, 2.05) is 36.4 Å². The van der Waals surface area contributed by atoms with E-state index in [0.29, 0.717) is 17.6 Å². The fourth-order valence-electron chi connectivity index (χ4n) is 1.49. The molecule has 0 bridgehead atoms. The molecule has 0 spiro atoms. The number of halogens is 2. The summed E-state index contributed by atoms with van der Waals surface area (Å²) in [5, 5.41) is 0. The smallest absolute Gasteiger partial charge is 0.137 e. The second-order valence-corrected chi connectivity index (χ2v) is 4.70. The van der Waals surface area contributed by atoms with Crippen molar-refractivity contribution in [1.29, 1.82) is 0 Å². The van der Waals surface area contributed by atoms with Crippen molar-refractivity contribution in [2.24, 2.45) is 0 Å². The third-order valence-corrected chi connectivity index (χ3v) is 3.09. The molecule has 2 rings (SSSR count). The number of hydroxylamine groups is 1. The molecule has 0 saturated carbocycles. The largest absolute Gasteiger partial charge is 0.297 e. The van der Waals surface area contributed by atoms with Crippen LogP contribution >= 0.6 is 15.9 Å². The molecule has 0 radical (unpaired) electrons. The second kappa shape index (κ2) is 6.64. The van der Waals surface area contributed by atoms with Crippen LogP contribution in [0.2, 0.25) is 0 Å². The molecule has 0 aliphatic rings. The molecule has 0 atom stereocenters. The van der Waals surface area contributed by atoms with Crippen LogP contribution in [-0.2, 0) is 18.0 Å². The Morgan fingerprint density at radius 3 is 2.56 bits per heavy atom. The van der Waals surface area contributed by atoms with E-state index in [9.17, 15) is 4.39 Å². The van der Waals surface area contributed by atoms with Crippen molar-refractivity contribution in [3.05, 3.63) is 69.9 Å². The predicted octanol–water partition coefficient (Wildman–Crippen LogP) is 3.81. The van der Waals surface area contributed by atoms with Gasteiger partial charge in [0.05, 0.1) is 11.1 Å². The third-order valence-electron chi connectivity index (χ3n) is 2.44. The monoisotopic (exact) mass is 309 g/mol. The van der Waals surface area contributed by atoms with Crippen molar-refractivity contribution in [2.75, 3.05) is 0 Å². The maximum Gasteiger partial charge on any atom is 0.137 e. The van der Waals surface area contributed by atoms with Gasteiger partial charge in [-0.25, -0.2) is 4.39 Å². The maximum atomic E-state index is 13.2. The molecule has 0 aliphatic carbocycles. The first kappa shape index (κ1) is 13.2. The average molecular weight is 310 g/mol. The van der Waals surface area contributed by atoms with E-state index in [0.717, 1.165) is 11.1 Å². The van der Waals surface area contributed by atoms with E-state index in [-0.39, 0.29) is 5.82 Å². The van der Waals surface area contributed by atoms with E-state index in [4.69, 9.17) is 4.84 Å². The molecule has 1 N–H and O–H groups in total. The van der Waals surface area contributed by atoms with Gasteiger partial charge in [-0.05, 0) is 39.2 Å². The Kier molecular flexibility index (Phi) is 4.87. The molecule has 0 fully saturated rings. The Labute approximate surface area is 114 Å². The van der Waals surface area contributed by atoms with Crippen LogP contribution in [0.15, 0.2) is 53.0 Å². The van der Waals surface area contributed by atoms with Gasteiger partial charge in [-0.3, -0.25) is 4.84 Å². The minimum absolute atomic E-state index is 0.266. The molecular weight excluding hydrogens is 297 g/mol. The first-order chi connectivity index (χ1) is 8.75. The van der Waals surface area contributed by atoms with Gasteiger partial charge in [0, 0.05) is 6.54 Å². The lowest BCUT2D eigenvalue weighted by atomic mass is 10.2. The van der Waals surface area contributed by atoms with Crippen molar-refractivity contribution in [2.45, 2.75) is 13.2 Å². The molecule has 0 amide bonds. The summed E-state index contributed by atoms with van der Waals surface area (Å²) >= 11 is 3.12. The molecular formula is C14H13BrFNO. The summed E-state index contributed by atoms with van der Waals surface area (Å²) in [6.07, 6.45) is 0. The molecule has 4 heteroatoms. The zero-order valence-electron chi connectivity index (χ0n) is 9.70. The van der Waals surface area contributed by atoms with Crippen molar-refractivity contribution >= 4 is 15.9 Å². The fraction of sp³-hybridized carbons (Fsp3) is 0.143. The molecule has 0 aliphatic heterocycles. The normalized spacial score (nSPS) is 10.6. The van der Waals surface area contributed by atoms with Gasteiger partial charge in [-0.15, -0.1) is 0 Å². The lowest BCUT2D eigenvalue weighted by molar-refractivity contribution is 0.0234. The van der Waals surface area contributed by atoms with Crippen LogP contribution in [0.5, 0.6) is 0 Å². The molecule has 0 unspecified atom stereocenters. The first-order valence-electron chi connectivity index (χ1n) is 5.58. The quantitative estimate of drug-likeness (QED) is 0.670. The van der Waals surface area contributed by atoms with Crippen molar-refractivity contribution in [3.63, 3.8) is 0 Å². The summed E-state index contributed by atoms with van der Waals surface area (Å²) in [5.74, 6) is -0.266. The Morgan fingerprint density at radius 1 is 1.06 bits per heavy atom. The Balaban J connectivity index is 1.77.